The second-order valence-electron chi connectivity index (χ2n) is 3.44. The van der Waals surface area contributed by atoms with Gasteiger partial charge in [-0.3, -0.25) is 4.98 Å². The molecule has 0 aliphatic rings. The van der Waals surface area contributed by atoms with Crippen LogP contribution < -0.4 is 5.73 Å². The number of hydrogen-bond acceptors (Lipinski definition) is 4. The van der Waals surface area contributed by atoms with Crippen molar-refractivity contribution in [3.8, 4) is 0 Å². The van der Waals surface area contributed by atoms with Gasteiger partial charge in [0.2, 0.25) is 0 Å². The molecule has 5 heteroatoms. The summed E-state index contributed by atoms with van der Waals surface area (Å²) >= 11 is 0. The Morgan fingerprint density at radius 3 is 2.73 bits per heavy atom. The van der Waals surface area contributed by atoms with Gasteiger partial charge in [-0.15, -0.1) is 0 Å². The third kappa shape index (κ3) is 2.38. The first-order valence-electron chi connectivity index (χ1n) is 4.79. The third-order valence-electron chi connectivity index (χ3n) is 2.06. The molecular formula is C10H13N5. The summed E-state index contributed by atoms with van der Waals surface area (Å²) in [6.45, 7) is 2.56. The van der Waals surface area contributed by atoms with Crippen LogP contribution in [0, 0.1) is 0 Å². The largest absolute Gasteiger partial charge is 0.321 e. The van der Waals surface area contributed by atoms with Gasteiger partial charge in [-0.05, 0) is 24.6 Å². The van der Waals surface area contributed by atoms with E-state index >= 15 is 0 Å². The first-order chi connectivity index (χ1) is 7.25. The minimum atomic E-state index is -0.122. The predicted octanol–water partition coefficient (Wildman–Crippen LogP) is 0.741. The highest BCUT2D eigenvalue weighted by atomic mass is 15.3. The smallest absolute Gasteiger partial charge is 0.166 e. The Labute approximate surface area is 88.0 Å². The van der Waals surface area contributed by atoms with Crippen LogP contribution in [-0.2, 0) is 6.54 Å². The van der Waals surface area contributed by atoms with Gasteiger partial charge in [-0.25, -0.2) is 9.67 Å². The van der Waals surface area contributed by atoms with Crippen LogP contribution in [0.5, 0.6) is 0 Å². The van der Waals surface area contributed by atoms with Crippen molar-refractivity contribution in [3.63, 3.8) is 0 Å². The fraction of sp³-hybridized carbons (Fsp3) is 0.300. The summed E-state index contributed by atoms with van der Waals surface area (Å²) in [4.78, 5) is 8.08. The van der Waals surface area contributed by atoms with Gasteiger partial charge in [0.05, 0.1) is 12.6 Å². The van der Waals surface area contributed by atoms with Gasteiger partial charge >= 0.3 is 0 Å². The highest BCUT2D eigenvalue weighted by molar-refractivity contribution is 5.09. The molecule has 0 spiro atoms. The molecule has 78 valence electrons. The molecule has 5 nitrogen and oxygen atoms in total. The molecule has 2 heterocycles. The van der Waals surface area contributed by atoms with Crippen molar-refractivity contribution >= 4 is 0 Å². The van der Waals surface area contributed by atoms with E-state index in [4.69, 9.17) is 5.73 Å². The third-order valence-corrected chi connectivity index (χ3v) is 2.06. The minimum Gasteiger partial charge on any atom is -0.321 e. The van der Waals surface area contributed by atoms with E-state index in [1.807, 2.05) is 19.1 Å². The molecule has 1 atom stereocenters. The Hall–Kier alpha value is -1.75. The lowest BCUT2D eigenvalue weighted by Gasteiger charge is -2.00. The molecule has 0 fully saturated rings. The lowest BCUT2D eigenvalue weighted by atomic mass is 10.3. The summed E-state index contributed by atoms with van der Waals surface area (Å²) in [7, 11) is 0. The van der Waals surface area contributed by atoms with E-state index in [0.717, 1.165) is 5.56 Å². The van der Waals surface area contributed by atoms with Crippen LogP contribution in [0.1, 0.15) is 24.4 Å². The quantitative estimate of drug-likeness (QED) is 0.798. The number of nitrogens with two attached hydrogens (primary N) is 1. The first-order valence-corrected chi connectivity index (χ1v) is 4.79. The van der Waals surface area contributed by atoms with Gasteiger partial charge in [-0.2, -0.15) is 5.10 Å². The fourth-order valence-corrected chi connectivity index (χ4v) is 1.27. The van der Waals surface area contributed by atoms with E-state index < -0.39 is 0 Å². The van der Waals surface area contributed by atoms with Crippen LogP contribution >= 0.6 is 0 Å². The fourth-order valence-electron chi connectivity index (χ4n) is 1.27. The van der Waals surface area contributed by atoms with E-state index in [-0.39, 0.29) is 6.04 Å². The molecule has 0 aliphatic heterocycles. The molecule has 2 aromatic heterocycles. The van der Waals surface area contributed by atoms with Gasteiger partial charge < -0.3 is 5.73 Å². The topological polar surface area (TPSA) is 69.6 Å². The summed E-state index contributed by atoms with van der Waals surface area (Å²) in [6, 6.07) is 3.78. The van der Waals surface area contributed by atoms with E-state index in [1.54, 1.807) is 23.4 Å². The lowest BCUT2D eigenvalue weighted by molar-refractivity contribution is 0.649. The average molecular weight is 203 g/mol. The maximum absolute atomic E-state index is 5.67. The van der Waals surface area contributed by atoms with E-state index in [9.17, 15) is 0 Å². The van der Waals surface area contributed by atoms with Crippen molar-refractivity contribution < 1.29 is 0 Å². The van der Waals surface area contributed by atoms with Crippen molar-refractivity contribution in [1.82, 2.24) is 19.7 Å². The van der Waals surface area contributed by atoms with Crippen LogP contribution in [0.3, 0.4) is 0 Å². The minimum absolute atomic E-state index is 0.122. The zero-order valence-electron chi connectivity index (χ0n) is 8.54. The molecule has 2 N–H and O–H groups in total. The standard InChI is InChI=1S/C10H13N5/c1-8(11)10-13-7-15(14-10)6-9-2-4-12-5-3-9/h2-5,7-8H,6,11H2,1H3. The lowest BCUT2D eigenvalue weighted by Crippen LogP contribution is -2.08. The molecule has 1 unspecified atom stereocenters. The first kappa shape index (κ1) is 9.79. The highest BCUT2D eigenvalue weighted by Crippen LogP contribution is 2.03. The number of hydrogen-bond donors (Lipinski definition) is 1. The zero-order valence-corrected chi connectivity index (χ0v) is 8.54. The van der Waals surface area contributed by atoms with E-state index in [0.29, 0.717) is 12.4 Å². The maximum atomic E-state index is 5.67. The molecule has 0 amide bonds. The summed E-state index contributed by atoms with van der Waals surface area (Å²) in [5.74, 6) is 0.670. The SMILES string of the molecule is CC(N)c1ncn(Cc2ccncc2)n1. The van der Waals surface area contributed by atoms with Crippen molar-refractivity contribution in [2.24, 2.45) is 5.73 Å². The number of pyridine rings is 1. The Morgan fingerprint density at radius 1 is 1.40 bits per heavy atom. The van der Waals surface area contributed by atoms with E-state index in [2.05, 4.69) is 15.1 Å². The van der Waals surface area contributed by atoms with Crippen LogP contribution in [0.25, 0.3) is 0 Å². The molecule has 0 radical (unpaired) electrons. The summed E-state index contributed by atoms with van der Waals surface area (Å²) in [5.41, 5.74) is 6.82. The second kappa shape index (κ2) is 4.18. The molecule has 0 bridgehead atoms. The summed E-state index contributed by atoms with van der Waals surface area (Å²) < 4.78 is 1.77. The van der Waals surface area contributed by atoms with Crippen LogP contribution in [0.4, 0.5) is 0 Å². The molecule has 0 aromatic carbocycles. The average Bonchev–Trinajstić information content (AvgIpc) is 2.68. The summed E-state index contributed by atoms with van der Waals surface area (Å²) in [5, 5.41) is 4.27. The molecule has 2 rings (SSSR count). The van der Waals surface area contributed by atoms with Gasteiger partial charge in [0.25, 0.3) is 0 Å². The highest BCUT2D eigenvalue weighted by Gasteiger charge is 2.05. The number of rotatable bonds is 3. The summed E-state index contributed by atoms with van der Waals surface area (Å²) in [6.07, 6.45) is 5.22. The van der Waals surface area contributed by atoms with Gasteiger partial charge in [0.1, 0.15) is 6.33 Å². The van der Waals surface area contributed by atoms with Crippen molar-refractivity contribution in [1.29, 1.82) is 0 Å². The Bertz CT molecular complexity index is 420. The van der Waals surface area contributed by atoms with Gasteiger partial charge in [-0.1, -0.05) is 0 Å². The number of nitrogens with zero attached hydrogens (tertiary/aromatic N) is 4. The monoisotopic (exact) mass is 203 g/mol. The van der Waals surface area contributed by atoms with E-state index in [1.165, 1.54) is 0 Å². The van der Waals surface area contributed by atoms with Gasteiger partial charge in [0, 0.05) is 12.4 Å². The maximum Gasteiger partial charge on any atom is 0.166 e. The molecule has 2 aromatic rings. The Balaban J connectivity index is 2.12. The zero-order chi connectivity index (χ0) is 10.7. The Kier molecular flexibility index (Phi) is 2.73. The van der Waals surface area contributed by atoms with Crippen LogP contribution in [-0.4, -0.2) is 19.7 Å². The van der Waals surface area contributed by atoms with Gasteiger partial charge in [0.15, 0.2) is 5.82 Å². The predicted molar refractivity (Wildman–Crippen MR) is 56.0 cm³/mol. The van der Waals surface area contributed by atoms with Crippen molar-refractivity contribution in [2.45, 2.75) is 19.5 Å². The molecule has 0 saturated heterocycles. The molecule has 15 heavy (non-hydrogen) atoms. The molecular weight excluding hydrogens is 190 g/mol. The molecule has 0 saturated carbocycles. The van der Waals surface area contributed by atoms with Crippen molar-refractivity contribution in [2.75, 3.05) is 0 Å². The number of aromatic nitrogens is 4. The van der Waals surface area contributed by atoms with Crippen LogP contribution in [0.15, 0.2) is 30.9 Å². The molecule has 0 aliphatic carbocycles. The normalized spacial score (nSPS) is 12.7. The second-order valence-corrected chi connectivity index (χ2v) is 3.44. The van der Waals surface area contributed by atoms with Crippen LogP contribution in [0.2, 0.25) is 0 Å². The van der Waals surface area contributed by atoms with Crippen molar-refractivity contribution in [3.05, 3.63) is 42.2 Å². The Morgan fingerprint density at radius 2 is 2.13 bits per heavy atom.